The zero-order chi connectivity index (χ0) is 12.8. The summed E-state index contributed by atoms with van der Waals surface area (Å²) < 4.78 is 10.4. The third-order valence-electron chi connectivity index (χ3n) is 3.24. The van der Waals surface area contributed by atoms with Crippen LogP contribution in [-0.4, -0.2) is 40.0 Å². The first kappa shape index (κ1) is 13.2. The van der Waals surface area contributed by atoms with E-state index >= 15 is 0 Å². The standard InChI is InChI=1S/C14H22N2O2/c1-17-9-10-18-8-2-6-16-7-5-12-11-13(15)3-4-14(12)16/h3-4,11H,2,5-10,15H2,1H3. The van der Waals surface area contributed by atoms with Crippen LogP contribution in [0.3, 0.4) is 0 Å². The summed E-state index contributed by atoms with van der Waals surface area (Å²) in [4.78, 5) is 2.41. The van der Waals surface area contributed by atoms with Gasteiger partial charge in [0.15, 0.2) is 0 Å². The molecule has 1 heterocycles. The van der Waals surface area contributed by atoms with Gasteiger partial charge in [-0.05, 0) is 36.6 Å². The third kappa shape index (κ3) is 3.37. The van der Waals surface area contributed by atoms with Crippen LogP contribution in [0.4, 0.5) is 11.4 Å². The van der Waals surface area contributed by atoms with E-state index in [1.807, 2.05) is 6.07 Å². The fraction of sp³-hybridized carbons (Fsp3) is 0.571. The van der Waals surface area contributed by atoms with Gasteiger partial charge < -0.3 is 20.1 Å². The van der Waals surface area contributed by atoms with Crippen LogP contribution in [0, 0.1) is 0 Å². The van der Waals surface area contributed by atoms with E-state index in [1.165, 1.54) is 11.3 Å². The van der Waals surface area contributed by atoms with Gasteiger partial charge in [0.25, 0.3) is 0 Å². The van der Waals surface area contributed by atoms with Crippen molar-refractivity contribution in [2.75, 3.05) is 50.7 Å². The van der Waals surface area contributed by atoms with Gasteiger partial charge in [-0.25, -0.2) is 0 Å². The smallest absolute Gasteiger partial charge is 0.0700 e. The van der Waals surface area contributed by atoms with Gasteiger partial charge in [-0.3, -0.25) is 0 Å². The molecular weight excluding hydrogens is 228 g/mol. The van der Waals surface area contributed by atoms with Crippen LogP contribution in [0.1, 0.15) is 12.0 Å². The van der Waals surface area contributed by atoms with Gasteiger partial charge in [0, 0.05) is 38.2 Å². The molecule has 0 bridgehead atoms. The highest BCUT2D eigenvalue weighted by Crippen LogP contribution is 2.29. The number of nitrogen functional groups attached to an aromatic ring is 1. The highest BCUT2D eigenvalue weighted by Gasteiger charge is 2.18. The third-order valence-corrected chi connectivity index (χ3v) is 3.24. The highest BCUT2D eigenvalue weighted by atomic mass is 16.5. The van der Waals surface area contributed by atoms with Gasteiger partial charge in [0.1, 0.15) is 0 Å². The molecule has 100 valence electrons. The predicted octanol–water partition coefficient (Wildman–Crippen LogP) is 1.68. The molecule has 0 fully saturated rings. The number of benzene rings is 1. The summed E-state index contributed by atoms with van der Waals surface area (Å²) in [5.41, 5.74) is 9.36. The molecule has 0 amide bonds. The molecule has 0 radical (unpaired) electrons. The van der Waals surface area contributed by atoms with E-state index in [2.05, 4.69) is 17.0 Å². The van der Waals surface area contributed by atoms with Crippen LogP contribution in [-0.2, 0) is 15.9 Å². The first-order chi connectivity index (χ1) is 8.81. The van der Waals surface area contributed by atoms with Gasteiger partial charge in [-0.15, -0.1) is 0 Å². The fourth-order valence-electron chi connectivity index (χ4n) is 2.32. The Morgan fingerprint density at radius 3 is 3.00 bits per heavy atom. The Hall–Kier alpha value is -1.26. The highest BCUT2D eigenvalue weighted by molar-refractivity contribution is 5.62. The number of anilines is 2. The molecule has 2 N–H and O–H groups in total. The molecule has 0 saturated carbocycles. The Morgan fingerprint density at radius 2 is 2.17 bits per heavy atom. The van der Waals surface area contributed by atoms with Gasteiger partial charge in [-0.2, -0.15) is 0 Å². The second kappa shape index (κ2) is 6.61. The van der Waals surface area contributed by atoms with Crippen molar-refractivity contribution < 1.29 is 9.47 Å². The summed E-state index contributed by atoms with van der Waals surface area (Å²) in [6.07, 6.45) is 2.15. The van der Waals surface area contributed by atoms with Crippen molar-refractivity contribution in [2.24, 2.45) is 0 Å². The maximum atomic E-state index is 5.79. The molecule has 0 aromatic heterocycles. The normalized spacial score (nSPS) is 13.9. The number of rotatable bonds is 7. The zero-order valence-electron chi connectivity index (χ0n) is 11.0. The topological polar surface area (TPSA) is 47.7 Å². The van der Waals surface area contributed by atoms with Crippen LogP contribution in [0.5, 0.6) is 0 Å². The number of ether oxygens (including phenoxy) is 2. The van der Waals surface area contributed by atoms with Gasteiger partial charge in [0.2, 0.25) is 0 Å². The minimum Gasteiger partial charge on any atom is -0.399 e. The quantitative estimate of drug-likeness (QED) is 0.591. The lowest BCUT2D eigenvalue weighted by atomic mass is 10.1. The summed E-state index contributed by atoms with van der Waals surface area (Å²) in [5, 5.41) is 0. The Labute approximate surface area is 109 Å². The lowest BCUT2D eigenvalue weighted by molar-refractivity contribution is 0.0701. The second-order valence-corrected chi connectivity index (χ2v) is 4.58. The molecule has 1 aromatic rings. The Morgan fingerprint density at radius 1 is 1.28 bits per heavy atom. The predicted molar refractivity (Wildman–Crippen MR) is 74.1 cm³/mol. The average Bonchev–Trinajstić information content (AvgIpc) is 2.76. The van der Waals surface area contributed by atoms with Crippen molar-refractivity contribution >= 4 is 11.4 Å². The van der Waals surface area contributed by atoms with E-state index in [-0.39, 0.29) is 0 Å². The minimum absolute atomic E-state index is 0.672. The van der Waals surface area contributed by atoms with E-state index in [9.17, 15) is 0 Å². The van der Waals surface area contributed by atoms with Gasteiger partial charge >= 0.3 is 0 Å². The summed E-state index contributed by atoms with van der Waals surface area (Å²) in [7, 11) is 1.69. The second-order valence-electron chi connectivity index (χ2n) is 4.58. The fourth-order valence-corrected chi connectivity index (χ4v) is 2.32. The van der Waals surface area contributed by atoms with Crippen molar-refractivity contribution in [1.82, 2.24) is 0 Å². The number of nitrogens with two attached hydrogens (primary N) is 1. The molecule has 4 heteroatoms. The molecule has 1 aromatic carbocycles. The molecule has 0 aliphatic carbocycles. The molecule has 0 saturated heterocycles. The van der Waals surface area contributed by atoms with Crippen LogP contribution in [0.25, 0.3) is 0 Å². The summed E-state index contributed by atoms with van der Waals surface area (Å²) in [6, 6.07) is 6.19. The number of nitrogens with zero attached hydrogens (tertiary/aromatic N) is 1. The molecule has 0 spiro atoms. The van der Waals surface area contributed by atoms with Crippen LogP contribution >= 0.6 is 0 Å². The van der Waals surface area contributed by atoms with Crippen molar-refractivity contribution in [2.45, 2.75) is 12.8 Å². The maximum Gasteiger partial charge on any atom is 0.0700 e. The van der Waals surface area contributed by atoms with Crippen molar-refractivity contribution in [1.29, 1.82) is 0 Å². The lowest BCUT2D eigenvalue weighted by Crippen LogP contribution is -2.23. The SMILES string of the molecule is COCCOCCCN1CCc2cc(N)ccc21. The van der Waals surface area contributed by atoms with Crippen LogP contribution < -0.4 is 10.6 Å². The first-order valence-corrected chi connectivity index (χ1v) is 6.51. The van der Waals surface area contributed by atoms with Crippen LogP contribution in [0.2, 0.25) is 0 Å². The van der Waals surface area contributed by atoms with Crippen molar-refractivity contribution in [3.8, 4) is 0 Å². The minimum atomic E-state index is 0.672. The average molecular weight is 250 g/mol. The summed E-state index contributed by atoms with van der Waals surface area (Å²) in [5.74, 6) is 0. The summed E-state index contributed by atoms with van der Waals surface area (Å²) >= 11 is 0. The lowest BCUT2D eigenvalue weighted by Gasteiger charge is -2.19. The maximum absolute atomic E-state index is 5.79. The molecule has 1 aliphatic heterocycles. The Kier molecular flexibility index (Phi) is 4.84. The number of hydrogen-bond donors (Lipinski definition) is 1. The molecule has 2 rings (SSSR count). The van der Waals surface area contributed by atoms with E-state index in [0.29, 0.717) is 13.2 Å². The van der Waals surface area contributed by atoms with E-state index in [4.69, 9.17) is 15.2 Å². The van der Waals surface area contributed by atoms with Crippen LogP contribution in [0.15, 0.2) is 18.2 Å². The Bertz CT molecular complexity index is 382. The van der Waals surface area contributed by atoms with E-state index < -0.39 is 0 Å². The molecule has 4 nitrogen and oxygen atoms in total. The van der Waals surface area contributed by atoms with Gasteiger partial charge in [-0.1, -0.05) is 0 Å². The molecule has 0 unspecified atom stereocenters. The van der Waals surface area contributed by atoms with E-state index in [1.54, 1.807) is 7.11 Å². The number of methoxy groups -OCH3 is 1. The number of fused-ring (bicyclic) bond motifs is 1. The monoisotopic (exact) mass is 250 g/mol. The van der Waals surface area contributed by atoms with E-state index in [0.717, 1.165) is 38.2 Å². The Balaban J connectivity index is 1.73. The molecule has 18 heavy (non-hydrogen) atoms. The zero-order valence-corrected chi connectivity index (χ0v) is 11.0. The molecular formula is C14H22N2O2. The molecule has 1 aliphatic rings. The number of hydrogen-bond acceptors (Lipinski definition) is 4. The first-order valence-electron chi connectivity index (χ1n) is 6.51. The largest absolute Gasteiger partial charge is 0.399 e. The van der Waals surface area contributed by atoms with Gasteiger partial charge in [0.05, 0.1) is 13.2 Å². The summed E-state index contributed by atoms with van der Waals surface area (Å²) in [6.45, 7) is 4.29. The van der Waals surface area contributed by atoms with Crippen molar-refractivity contribution in [3.05, 3.63) is 23.8 Å². The van der Waals surface area contributed by atoms with Crippen molar-refractivity contribution in [3.63, 3.8) is 0 Å². The molecule has 0 atom stereocenters.